The maximum absolute atomic E-state index is 5.58. The average Bonchev–Trinajstić information content (AvgIpc) is 2.97. The highest BCUT2D eigenvalue weighted by Gasteiger charge is 2.20. The van der Waals surface area contributed by atoms with E-state index in [0.717, 1.165) is 42.5 Å². The van der Waals surface area contributed by atoms with E-state index in [9.17, 15) is 0 Å². The Balaban J connectivity index is 1.38. The largest absolute Gasteiger partial charge is 0.454 e. The third-order valence-electron chi connectivity index (χ3n) is 5.02. The van der Waals surface area contributed by atoms with E-state index in [-0.39, 0.29) is 0 Å². The van der Waals surface area contributed by atoms with Crippen LogP contribution in [0.1, 0.15) is 36.8 Å². The molecule has 0 bridgehead atoms. The topological polar surface area (TPSA) is 37.6 Å². The van der Waals surface area contributed by atoms with Gasteiger partial charge in [0.15, 0.2) is 24.6 Å². The van der Waals surface area contributed by atoms with Gasteiger partial charge in [-0.05, 0) is 37.1 Å². The van der Waals surface area contributed by atoms with E-state index >= 15 is 0 Å². The number of anilines is 1. The van der Waals surface area contributed by atoms with Gasteiger partial charge in [0, 0.05) is 24.8 Å². The Labute approximate surface area is 154 Å². The van der Waals surface area contributed by atoms with E-state index < -0.39 is 0 Å². The molecule has 0 saturated carbocycles. The summed E-state index contributed by atoms with van der Waals surface area (Å²) in [7, 11) is 0. The molecule has 3 heterocycles. The van der Waals surface area contributed by atoms with Gasteiger partial charge in [-0.25, -0.2) is 9.56 Å². The van der Waals surface area contributed by atoms with Crippen LogP contribution in [0.4, 0.5) is 5.82 Å². The van der Waals surface area contributed by atoms with Gasteiger partial charge in [-0.1, -0.05) is 18.9 Å². The second-order valence-electron chi connectivity index (χ2n) is 7.06. The lowest BCUT2D eigenvalue weighted by Crippen LogP contribution is -2.24. The second-order valence-corrected chi connectivity index (χ2v) is 7.06. The van der Waals surface area contributed by atoms with Crippen LogP contribution < -0.4 is 14.4 Å². The number of aromatic nitrogens is 1. The maximum atomic E-state index is 5.58. The molecule has 0 atom stereocenters. The Hall–Kier alpha value is -2.56. The Kier molecular flexibility index (Phi) is 5.04. The molecule has 26 heavy (non-hydrogen) atoms. The van der Waals surface area contributed by atoms with Crippen LogP contribution in [-0.2, 0) is 13.1 Å². The van der Waals surface area contributed by atoms with Crippen LogP contribution in [0.15, 0.2) is 36.5 Å². The third-order valence-corrected chi connectivity index (χ3v) is 5.02. The molecular formula is C21H26N3O2+. The van der Waals surface area contributed by atoms with Crippen molar-refractivity contribution >= 4 is 12.5 Å². The molecular weight excluding hydrogens is 326 g/mol. The first-order valence-corrected chi connectivity index (χ1v) is 9.42. The van der Waals surface area contributed by atoms with Crippen LogP contribution >= 0.6 is 0 Å². The number of nitrogens with zero attached hydrogens (tertiary/aromatic N) is 3. The Morgan fingerprint density at radius 1 is 1.00 bits per heavy atom. The zero-order valence-electron chi connectivity index (χ0n) is 15.2. The van der Waals surface area contributed by atoms with Gasteiger partial charge in [0.05, 0.1) is 5.56 Å². The van der Waals surface area contributed by atoms with Crippen molar-refractivity contribution < 1.29 is 14.0 Å². The summed E-state index contributed by atoms with van der Waals surface area (Å²) in [4.78, 5) is 7.09. The summed E-state index contributed by atoms with van der Waals surface area (Å²) in [5.74, 6) is 2.76. The molecule has 2 aliphatic rings. The number of rotatable bonds is 5. The van der Waals surface area contributed by atoms with E-state index in [2.05, 4.69) is 34.8 Å². The first-order valence-electron chi connectivity index (χ1n) is 9.42. The molecule has 0 N–H and O–H groups in total. The van der Waals surface area contributed by atoms with Gasteiger partial charge in [0.25, 0.3) is 0 Å². The van der Waals surface area contributed by atoms with Crippen molar-refractivity contribution in [2.24, 2.45) is 0 Å². The molecule has 0 amide bonds. The molecule has 1 saturated heterocycles. The molecule has 4 rings (SSSR count). The molecule has 136 valence electrons. The van der Waals surface area contributed by atoms with Crippen LogP contribution in [0.2, 0.25) is 0 Å². The van der Waals surface area contributed by atoms with Crippen molar-refractivity contribution in [1.82, 2.24) is 4.98 Å². The second kappa shape index (κ2) is 7.77. The van der Waals surface area contributed by atoms with Crippen LogP contribution in [0.25, 0.3) is 0 Å². The minimum absolute atomic E-state index is 0.297. The average molecular weight is 352 g/mol. The fourth-order valence-corrected chi connectivity index (χ4v) is 3.67. The number of benzene rings is 1. The quantitative estimate of drug-likeness (QED) is 0.609. The van der Waals surface area contributed by atoms with Gasteiger partial charge < -0.3 is 14.4 Å². The highest BCUT2D eigenvalue weighted by Crippen LogP contribution is 2.35. The summed E-state index contributed by atoms with van der Waals surface area (Å²) in [6, 6.07) is 10.3. The number of pyridine rings is 1. The molecule has 1 fully saturated rings. The van der Waals surface area contributed by atoms with Gasteiger partial charge in [-0.15, -0.1) is 0 Å². The van der Waals surface area contributed by atoms with Crippen LogP contribution in [0.5, 0.6) is 11.5 Å². The summed E-state index contributed by atoms with van der Waals surface area (Å²) in [5.41, 5.74) is 2.27. The van der Waals surface area contributed by atoms with Gasteiger partial charge in [0.1, 0.15) is 12.5 Å². The van der Waals surface area contributed by atoms with Crippen LogP contribution in [-0.4, -0.2) is 36.2 Å². The van der Waals surface area contributed by atoms with Crippen molar-refractivity contribution in [2.45, 2.75) is 38.8 Å². The summed E-state index contributed by atoms with van der Waals surface area (Å²) >= 11 is 0. The molecule has 1 aromatic heterocycles. The number of fused-ring (bicyclic) bond motifs is 1. The molecule has 5 nitrogen and oxygen atoms in total. The van der Waals surface area contributed by atoms with E-state index in [1.165, 1.54) is 31.2 Å². The van der Waals surface area contributed by atoms with Crippen molar-refractivity contribution in [2.75, 3.05) is 24.8 Å². The monoisotopic (exact) mass is 352 g/mol. The molecule has 0 aliphatic carbocycles. The summed E-state index contributed by atoms with van der Waals surface area (Å²) in [5, 5.41) is 0. The van der Waals surface area contributed by atoms with E-state index in [4.69, 9.17) is 9.47 Å². The predicted octanol–water partition coefficient (Wildman–Crippen LogP) is 3.60. The zero-order valence-corrected chi connectivity index (χ0v) is 15.2. The summed E-state index contributed by atoms with van der Waals surface area (Å²) < 4.78 is 13.0. The maximum Gasteiger partial charge on any atom is 0.231 e. The first kappa shape index (κ1) is 16.9. The number of hydrogen-bond donors (Lipinski definition) is 0. The van der Waals surface area contributed by atoms with Crippen LogP contribution in [0.3, 0.4) is 0 Å². The van der Waals surface area contributed by atoms with Crippen molar-refractivity contribution in [3.8, 4) is 11.5 Å². The van der Waals surface area contributed by atoms with E-state index in [1.807, 2.05) is 22.9 Å². The third kappa shape index (κ3) is 3.82. The highest BCUT2D eigenvalue weighted by atomic mass is 16.7. The SMILES string of the molecule is C=[N+](Cc1ccc(N2CCCCCC2)nc1)Cc1cccc2c1OCO2. The fraction of sp³-hybridized carbons (Fsp3) is 0.429. The lowest BCUT2D eigenvalue weighted by Gasteiger charge is -2.21. The van der Waals surface area contributed by atoms with Crippen molar-refractivity contribution in [3.63, 3.8) is 0 Å². The molecule has 5 heteroatoms. The Morgan fingerprint density at radius 3 is 2.62 bits per heavy atom. The first-order chi connectivity index (χ1) is 12.8. The standard InChI is InChI=1S/C21H26N3O2/c1-23(15-18-7-6-8-19-21(18)26-16-25-19)14-17-9-10-20(22-13-17)24-11-4-2-3-5-12-24/h6-10,13H,1-5,11-12,14-16H2/q+1. The highest BCUT2D eigenvalue weighted by molar-refractivity contribution is 5.47. The van der Waals surface area contributed by atoms with Gasteiger partial charge in [0.2, 0.25) is 6.79 Å². The van der Waals surface area contributed by atoms with E-state index in [0.29, 0.717) is 13.3 Å². The zero-order chi connectivity index (χ0) is 17.8. The molecule has 2 aromatic rings. The van der Waals surface area contributed by atoms with Crippen molar-refractivity contribution in [3.05, 3.63) is 47.7 Å². The summed E-state index contributed by atoms with van der Waals surface area (Å²) in [6.07, 6.45) is 7.19. The van der Waals surface area contributed by atoms with Gasteiger partial charge >= 0.3 is 0 Å². The Bertz CT molecular complexity index is 765. The van der Waals surface area contributed by atoms with Crippen molar-refractivity contribution in [1.29, 1.82) is 0 Å². The number of hydrogen-bond acceptors (Lipinski definition) is 4. The molecule has 0 unspecified atom stereocenters. The number of para-hydroxylation sites is 1. The molecule has 2 aliphatic heterocycles. The van der Waals surface area contributed by atoms with Crippen LogP contribution in [0, 0.1) is 0 Å². The number of ether oxygens (including phenoxy) is 2. The molecule has 0 spiro atoms. The smallest absolute Gasteiger partial charge is 0.231 e. The lowest BCUT2D eigenvalue weighted by molar-refractivity contribution is -0.551. The molecule has 1 aromatic carbocycles. The normalized spacial score (nSPS) is 16.4. The lowest BCUT2D eigenvalue weighted by atomic mass is 10.1. The van der Waals surface area contributed by atoms with Gasteiger partial charge in [-0.2, -0.15) is 0 Å². The fourth-order valence-electron chi connectivity index (χ4n) is 3.67. The Morgan fingerprint density at radius 2 is 1.85 bits per heavy atom. The molecule has 0 radical (unpaired) electrons. The van der Waals surface area contributed by atoms with E-state index in [1.54, 1.807) is 0 Å². The minimum atomic E-state index is 0.297. The summed E-state index contributed by atoms with van der Waals surface area (Å²) in [6.45, 7) is 8.17. The predicted molar refractivity (Wildman–Crippen MR) is 102 cm³/mol. The minimum Gasteiger partial charge on any atom is -0.454 e. The van der Waals surface area contributed by atoms with Gasteiger partial charge in [-0.3, -0.25) is 0 Å².